The summed E-state index contributed by atoms with van der Waals surface area (Å²) >= 11 is 0. The molecule has 1 heterocycles. The number of hydrogen-bond acceptors (Lipinski definition) is 5. The highest BCUT2D eigenvalue weighted by molar-refractivity contribution is 7.81. The Morgan fingerprint density at radius 2 is 2.00 bits per heavy atom. The zero-order valence-electron chi connectivity index (χ0n) is 9.89. The van der Waals surface area contributed by atoms with Crippen molar-refractivity contribution in [3.8, 4) is 0 Å². The number of nitrogens with zero attached hydrogens (tertiary/aromatic N) is 1. The molecule has 0 aliphatic carbocycles. The van der Waals surface area contributed by atoms with Crippen LogP contribution in [0.3, 0.4) is 0 Å². The lowest BCUT2D eigenvalue weighted by Crippen LogP contribution is -2.71. The maximum Gasteiger partial charge on any atom is 0.442 e. The Morgan fingerprint density at radius 1 is 1.50 bits per heavy atom. The molecule has 16 heavy (non-hydrogen) atoms. The van der Waals surface area contributed by atoms with E-state index in [1.165, 1.54) is 0 Å². The molecule has 0 bridgehead atoms. The number of hydrogen-bond donors (Lipinski definition) is 0. The van der Waals surface area contributed by atoms with Gasteiger partial charge >= 0.3 is 10.3 Å². The minimum atomic E-state index is -4.19. The van der Waals surface area contributed by atoms with Gasteiger partial charge in [-0.15, -0.1) is 12.3 Å². The fraction of sp³-hybridized carbons (Fsp3) is 0.889. The molecule has 1 rings (SSSR count). The second-order valence-electron chi connectivity index (χ2n) is 4.87. The summed E-state index contributed by atoms with van der Waals surface area (Å²) in [6, 6.07) is -0.630. The van der Waals surface area contributed by atoms with E-state index in [0.29, 0.717) is 6.42 Å². The van der Waals surface area contributed by atoms with Crippen LogP contribution in [0.4, 0.5) is 4.79 Å². The van der Waals surface area contributed by atoms with E-state index in [9.17, 15) is 18.3 Å². The summed E-state index contributed by atoms with van der Waals surface area (Å²) in [5.41, 5.74) is -1.03. The van der Waals surface area contributed by atoms with E-state index in [1.54, 1.807) is 27.7 Å². The van der Waals surface area contributed by atoms with Gasteiger partial charge in [-0.2, -0.15) is 0 Å². The van der Waals surface area contributed by atoms with Crippen molar-refractivity contribution in [1.82, 2.24) is 0 Å². The van der Waals surface area contributed by atoms with Gasteiger partial charge in [0.2, 0.25) is 0 Å². The van der Waals surface area contributed by atoms with Crippen molar-refractivity contribution in [3.05, 3.63) is 0 Å². The molecular weight excluding hydrogens is 234 g/mol. The Bertz CT molecular complexity index is 397. The first-order chi connectivity index (χ1) is 7.11. The van der Waals surface area contributed by atoms with Crippen LogP contribution in [0.2, 0.25) is 0 Å². The fourth-order valence-corrected chi connectivity index (χ4v) is 4.23. The highest BCUT2D eigenvalue weighted by Gasteiger charge is 2.63. The van der Waals surface area contributed by atoms with Crippen LogP contribution in [0.15, 0.2) is 0 Å². The van der Waals surface area contributed by atoms with Crippen LogP contribution in [-0.4, -0.2) is 36.6 Å². The number of quaternary nitrogens is 1. The Labute approximate surface area is 95.7 Å². The first kappa shape index (κ1) is 13.4. The van der Waals surface area contributed by atoms with Crippen molar-refractivity contribution in [1.29, 1.82) is 0 Å². The first-order valence-corrected chi connectivity index (χ1v) is 6.47. The summed E-state index contributed by atoms with van der Waals surface area (Å²) in [5.74, 6) is 0. The molecule has 1 aliphatic rings. The summed E-state index contributed by atoms with van der Waals surface area (Å²) < 4.78 is 27.3. The van der Waals surface area contributed by atoms with Gasteiger partial charge in [-0.3, -0.25) is 0 Å². The second kappa shape index (κ2) is 3.68. The smallest absolute Gasteiger partial charge is 0.442 e. The van der Waals surface area contributed by atoms with E-state index in [1.807, 2.05) is 0 Å². The molecule has 0 aromatic rings. The molecule has 1 amide bonds. The van der Waals surface area contributed by atoms with E-state index in [4.69, 9.17) is 0 Å². The van der Waals surface area contributed by atoms with Crippen molar-refractivity contribution in [2.45, 2.75) is 45.7 Å². The van der Waals surface area contributed by atoms with Crippen LogP contribution >= 0.6 is 0 Å². The van der Waals surface area contributed by atoms with Gasteiger partial charge in [-0.25, -0.2) is 4.18 Å². The fourth-order valence-electron chi connectivity index (χ4n) is 2.31. The predicted octanol–water partition coefficient (Wildman–Crippen LogP) is -0.00140. The van der Waals surface area contributed by atoms with Gasteiger partial charge in [0.1, 0.15) is 18.2 Å². The van der Waals surface area contributed by atoms with Gasteiger partial charge in [0, 0.05) is 6.42 Å². The molecule has 1 aliphatic heterocycles. The first-order valence-electron chi connectivity index (χ1n) is 5.11. The summed E-state index contributed by atoms with van der Waals surface area (Å²) in [6.45, 7) is 6.29. The molecule has 6 nitrogen and oxygen atoms in total. The normalized spacial score (nSPS) is 33.9. The third kappa shape index (κ3) is 1.46. The molecule has 2 atom stereocenters. The molecule has 0 spiro atoms. The zero-order valence-corrected chi connectivity index (χ0v) is 10.7. The minimum Gasteiger partial charge on any atom is -0.497 e. The van der Waals surface area contributed by atoms with E-state index >= 15 is 0 Å². The largest absolute Gasteiger partial charge is 0.497 e. The third-order valence-corrected chi connectivity index (χ3v) is 5.15. The Hall–Kier alpha value is -0.660. The lowest BCUT2D eigenvalue weighted by Gasteiger charge is -2.44. The van der Waals surface area contributed by atoms with Gasteiger partial charge in [0.25, 0.3) is 6.09 Å². The molecule has 1 saturated heterocycles. The molecular formula is C9H17NO5S. The molecule has 1 fully saturated rings. The Kier molecular flexibility index (Phi) is 3.08. The monoisotopic (exact) mass is 251 g/mol. The summed E-state index contributed by atoms with van der Waals surface area (Å²) in [4.78, 5) is 11.4. The maximum absolute atomic E-state index is 11.9. The summed E-state index contributed by atoms with van der Waals surface area (Å²) in [7, 11) is -4.19. The van der Waals surface area contributed by atoms with Crippen molar-refractivity contribution in [3.63, 3.8) is 0 Å². The van der Waals surface area contributed by atoms with Crippen LogP contribution in [0.1, 0.15) is 34.1 Å². The van der Waals surface area contributed by atoms with Crippen molar-refractivity contribution in [2.24, 2.45) is 0 Å². The van der Waals surface area contributed by atoms with Gasteiger partial charge in [0.15, 0.2) is 0 Å². The van der Waals surface area contributed by atoms with Gasteiger partial charge in [0.05, 0.1) is 0 Å². The average molecular weight is 251 g/mol. The minimum absolute atomic E-state index is 0.107. The molecule has 7 heteroatoms. The van der Waals surface area contributed by atoms with Gasteiger partial charge in [-0.1, -0.05) is 6.92 Å². The van der Waals surface area contributed by atoms with Crippen LogP contribution in [-0.2, 0) is 14.5 Å². The van der Waals surface area contributed by atoms with Gasteiger partial charge < -0.3 is 9.90 Å². The van der Waals surface area contributed by atoms with Crippen molar-refractivity contribution >= 4 is 16.4 Å². The lowest BCUT2D eigenvalue weighted by atomic mass is 10.0. The number of carbonyl (C=O) groups is 1. The number of carboxylic acid groups (broad SMARTS) is 1. The molecule has 0 N–H and O–H groups in total. The highest BCUT2D eigenvalue weighted by Crippen LogP contribution is 2.39. The molecule has 94 valence electrons. The highest BCUT2D eigenvalue weighted by atomic mass is 32.2. The summed E-state index contributed by atoms with van der Waals surface area (Å²) in [5, 5.41) is 11.4. The maximum atomic E-state index is 11.9. The molecule has 0 aromatic heterocycles. The quantitative estimate of drug-likeness (QED) is 0.612. The lowest BCUT2D eigenvalue weighted by molar-refractivity contribution is -0.824. The van der Waals surface area contributed by atoms with Gasteiger partial charge in [-0.05, 0) is 20.8 Å². The number of carbonyl (C=O) groups excluding carboxylic acids is 1. The van der Waals surface area contributed by atoms with E-state index in [0.717, 1.165) is 0 Å². The topological polar surface area (TPSA) is 83.5 Å². The Balaban J connectivity index is 3.54. The Morgan fingerprint density at radius 3 is 2.25 bits per heavy atom. The van der Waals surface area contributed by atoms with E-state index in [-0.39, 0.29) is 6.61 Å². The second-order valence-corrected chi connectivity index (χ2v) is 6.54. The number of rotatable bonds is 1. The molecule has 1 unspecified atom stereocenters. The summed E-state index contributed by atoms with van der Waals surface area (Å²) in [6.07, 6.45) is -1.23. The zero-order chi connectivity index (χ0) is 12.8. The predicted molar refractivity (Wildman–Crippen MR) is 54.4 cm³/mol. The van der Waals surface area contributed by atoms with Crippen LogP contribution in [0.25, 0.3) is 0 Å². The standard InChI is InChI=1S/C9H17NO5S/c1-5-7-6-15-16(13,14)10(7,8(11)12)9(2,3)4/h7H,5-6H2,1-4H3/t7-,10?/m1/s1. The number of amides is 1. The van der Waals surface area contributed by atoms with E-state index in [2.05, 4.69) is 4.18 Å². The molecule has 0 radical (unpaired) electrons. The van der Waals surface area contributed by atoms with Crippen molar-refractivity contribution in [2.75, 3.05) is 6.61 Å². The van der Waals surface area contributed by atoms with Crippen LogP contribution in [0, 0.1) is 0 Å². The van der Waals surface area contributed by atoms with Crippen molar-refractivity contribution < 1.29 is 26.4 Å². The molecule has 0 aromatic carbocycles. The van der Waals surface area contributed by atoms with E-state index < -0.39 is 31.9 Å². The SMILES string of the molecule is CC[C@@H]1COS(=O)(=O)[N+]1(C(=O)[O-])C(C)(C)C. The molecule has 0 saturated carbocycles. The third-order valence-electron chi connectivity index (χ3n) is 3.02. The van der Waals surface area contributed by atoms with Crippen LogP contribution in [0.5, 0.6) is 0 Å². The van der Waals surface area contributed by atoms with Crippen LogP contribution < -0.4 is 5.11 Å². The average Bonchev–Trinajstić information content (AvgIpc) is 2.35.